The molecular formula is C16H24N6O. The van der Waals surface area contributed by atoms with Gasteiger partial charge in [0, 0.05) is 37.4 Å². The van der Waals surface area contributed by atoms with Crippen LogP contribution in [0.5, 0.6) is 0 Å². The molecule has 2 aromatic rings. The molecule has 0 fully saturated rings. The highest BCUT2D eigenvalue weighted by Crippen LogP contribution is 2.14. The van der Waals surface area contributed by atoms with Crippen LogP contribution in [-0.4, -0.2) is 32.0 Å². The van der Waals surface area contributed by atoms with Gasteiger partial charge in [0.1, 0.15) is 0 Å². The van der Waals surface area contributed by atoms with Gasteiger partial charge in [0.2, 0.25) is 0 Å². The summed E-state index contributed by atoms with van der Waals surface area (Å²) < 4.78 is 3.92. The molecule has 124 valence electrons. The number of fused-ring (bicyclic) bond motifs is 1. The fourth-order valence-electron chi connectivity index (χ4n) is 2.98. The number of nitrogens with one attached hydrogen (secondary N) is 2. The molecule has 23 heavy (non-hydrogen) atoms. The van der Waals surface area contributed by atoms with Gasteiger partial charge < -0.3 is 10.6 Å². The van der Waals surface area contributed by atoms with E-state index in [9.17, 15) is 4.79 Å². The third-order valence-corrected chi connectivity index (χ3v) is 4.29. The number of carbonyl (C=O) groups excluding carboxylic acids is 1. The Hall–Kier alpha value is -2.15. The zero-order valence-electron chi connectivity index (χ0n) is 14.0. The average Bonchev–Trinajstić information content (AvgIpc) is 3.08. The summed E-state index contributed by atoms with van der Waals surface area (Å²) in [5, 5.41) is 15.2. The molecule has 0 saturated carbocycles. The lowest BCUT2D eigenvalue weighted by atomic mass is 10.2. The van der Waals surface area contributed by atoms with Crippen molar-refractivity contribution < 1.29 is 4.79 Å². The molecule has 0 aromatic carbocycles. The van der Waals surface area contributed by atoms with E-state index in [2.05, 4.69) is 34.7 Å². The van der Waals surface area contributed by atoms with Crippen LogP contribution >= 0.6 is 0 Å². The molecule has 0 spiro atoms. The van der Waals surface area contributed by atoms with E-state index < -0.39 is 0 Å². The maximum Gasteiger partial charge on any atom is 0.272 e. The van der Waals surface area contributed by atoms with E-state index in [0.29, 0.717) is 12.2 Å². The highest BCUT2D eigenvalue weighted by molar-refractivity contribution is 5.92. The van der Waals surface area contributed by atoms with Crippen LogP contribution in [0.3, 0.4) is 0 Å². The molecule has 3 heterocycles. The molecule has 7 nitrogen and oxygen atoms in total. The summed E-state index contributed by atoms with van der Waals surface area (Å²) >= 11 is 0. The van der Waals surface area contributed by atoms with Crippen LogP contribution < -0.4 is 10.6 Å². The first-order chi connectivity index (χ1) is 11.1. The number of amides is 1. The van der Waals surface area contributed by atoms with Crippen molar-refractivity contribution in [2.45, 2.75) is 53.4 Å². The van der Waals surface area contributed by atoms with Crippen molar-refractivity contribution in [2.24, 2.45) is 0 Å². The van der Waals surface area contributed by atoms with Crippen molar-refractivity contribution in [1.82, 2.24) is 30.2 Å². The minimum Gasteiger partial charge on any atom is -0.346 e. The van der Waals surface area contributed by atoms with Gasteiger partial charge in [-0.05, 0) is 26.3 Å². The minimum absolute atomic E-state index is 0.131. The first kappa shape index (κ1) is 15.7. The van der Waals surface area contributed by atoms with Gasteiger partial charge in [-0.2, -0.15) is 10.2 Å². The Labute approximate surface area is 136 Å². The normalized spacial score (nSPS) is 13.9. The lowest BCUT2D eigenvalue weighted by Crippen LogP contribution is -2.28. The molecule has 0 bridgehead atoms. The largest absolute Gasteiger partial charge is 0.346 e. The molecule has 1 aliphatic rings. The molecule has 0 aliphatic carbocycles. The smallest absolute Gasteiger partial charge is 0.272 e. The lowest BCUT2D eigenvalue weighted by molar-refractivity contribution is 0.0945. The maximum atomic E-state index is 12.4. The third-order valence-electron chi connectivity index (χ3n) is 4.29. The zero-order chi connectivity index (χ0) is 16.4. The second-order valence-electron chi connectivity index (χ2n) is 5.98. The Morgan fingerprint density at radius 2 is 2.22 bits per heavy atom. The van der Waals surface area contributed by atoms with Crippen LogP contribution in [0.1, 0.15) is 46.5 Å². The summed E-state index contributed by atoms with van der Waals surface area (Å²) in [5.74, 6) is -0.131. The molecule has 1 aliphatic heterocycles. The van der Waals surface area contributed by atoms with E-state index in [-0.39, 0.29) is 5.91 Å². The fraction of sp³-hybridized carbons (Fsp3) is 0.562. The van der Waals surface area contributed by atoms with Gasteiger partial charge in [-0.25, -0.2) is 0 Å². The summed E-state index contributed by atoms with van der Waals surface area (Å²) in [7, 11) is 0. The molecule has 1 amide bonds. The van der Waals surface area contributed by atoms with Crippen molar-refractivity contribution in [3.05, 3.63) is 34.4 Å². The standard InChI is InChI=1S/C16H24N6O/c1-4-6-21-12(3)14(11(2)19-21)10-18-16(23)15-8-13-9-17-5-7-22(13)20-15/h8,17H,4-7,9-10H2,1-3H3,(H,18,23). The van der Waals surface area contributed by atoms with Crippen molar-refractivity contribution in [3.8, 4) is 0 Å². The molecular weight excluding hydrogens is 292 g/mol. The number of hydrogen-bond acceptors (Lipinski definition) is 4. The minimum atomic E-state index is -0.131. The molecule has 2 N–H and O–H groups in total. The Morgan fingerprint density at radius 1 is 1.39 bits per heavy atom. The summed E-state index contributed by atoms with van der Waals surface area (Å²) in [5.41, 5.74) is 4.74. The monoisotopic (exact) mass is 316 g/mol. The molecule has 0 radical (unpaired) electrons. The summed E-state index contributed by atoms with van der Waals surface area (Å²) in [6.07, 6.45) is 1.04. The van der Waals surface area contributed by atoms with Crippen LogP contribution in [-0.2, 0) is 26.2 Å². The van der Waals surface area contributed by atoms with Gasteiger partial charge in [0.25, 0.3) is 5.91 Å². The van der Waals surface area contributed by atoms with E-state index in [4.69, 9.17) is 0 Å². The first-order valence-corrected chi connectivity index (χ1v) is 8.18. The summed E-state index contributed by atoms with van der Waals surface area (Å²) in [6.45, 7) is 10.0. The van der Waals surface area contributed by atoms with E-state index in [0.717, 1.165) is 55.2 Å². The van der Waals surface area contributed by atoms with E-state index in [1.165, 1.54) is 0 Å². The number of nitrogens with zero attached hydrogens (tertiary/aromatic N) is 4. The molecule has 2 aromatic heterocycles. The quantitative estimate of drug-likeness (QED) is 0.867. The van der Waals surface area contributed by atoms with E-state index in [1.807, 2.05) is 22.4 Å². The van der Waals surface area contributed by atoms with Crippen molar-refractivity contribution in [2.75, 3.05) is 6.54 Å². The number of hydrogen-bond donors (Lipinski definition) is 2. The Kier molecular flexibility index (Phi) is 4.47. The van der Waals surface area contributed by atoms with Crippen LogP contribution in [0.15, 0.2) is 6.07 Å². The van der Waals surface area contributed by atoms with Crippen LogP contribution in [0.4, 0.5) is 0 Å². The van der Waals surface area contributed by atoms with Crippen molar-refractivity contribution >= 4 is 5.91 Å². The van der Waals surface area contributed by atoms with Gasteiger partial charge >= 0.3 is 0 Å². The number of aromatic nitrogens is 4. The highest BCUT2D eigenvalue weighted by atomic mass is 16.1. The zero-order valence-corrected chi connectivity index (χ0v) is 14.0. The highest BCUT2D eigenvalue weighted by Gasteiger charge is 2.17. The van der Waals surface area contributed by atoms with Gasteiger partial charge in [0.15, 0.2) is 5.69 Å². The van der Waals surface area contributed by atoms with Gasteiger partial charge in [-0.15, -0.1) is 0 Å². The summed E-state index contributed by atoms with van der Waals surface area (Å²) in [6, 6.07) is 1.86. The molecule has 7 heteroatoms. The Morgan fingerprint density at radius 3 is 2.96 bits per heavy atom. The number of aryl methyl sites for hydroxylation is 2. The Bertz CT molecular complexity index is 691. The SMILES string of the molecule is CCCn1nc(C)c(CNC(=O)c2cc3n(n2)CCNC3)c1C. The topological polar surface area (TPSA) is 76.8 Å². The second kappa shape index (κ2) is 6.54. The van der Waals surface area contributed by atoms with Gasteiger partial charge in [-0.3, -0.25) is 14.2 Å². The number of carbonyl (C=O) groups is 1. The van der Waals surface area contributed by atoms with Gasteiger partial charge in [0.05, 0.1) is 17.9 Å². The maximum absolute atomic E-state index is 12.4. The van der Waals surface area contributed by atoms with Crippen molar-refractivity contribution in [3.63, 3.8) is 0 Å². The molecule has 0 atom stereocenters. The van der Waals surface area contributed by atoms with Crippen LogP contribution in [0, 0.1) is 13.8 Å². The lowest BCUT2D eigenvalue weighted by Gasteiger charge is -2.13. The van der Waals surface area contributed by atoms with Crippen LogP contribution in [0.2, 0.25) is 0 Å². The number of rotatable bonds is 5. The van der Waals surface area contributed by atoms with E-state index in [1.54, 1.807) is 0 Å². The fourth-order valence-corrected chi connectivity index (χ4v) is 2.98. The summed E-state index contributed by atoms with van der Waals surface area (Å²) in [4.78, 5) is 12.4. The van der Waals surface area contributed by atoms with Crippen LogP contribution in [0.25, 0.3) is 0 Å². The molecule has 0 saturated heterocycles. The predicted molar refractivity (Wildman–Crippen MR) is 87.1 cm³/mol. The van der Waals surface area contributed by atoms with E-state index >= 15 is 0 Å². The molecule has 3 rings (SSSR count). The third kappa shape index (κ3) is 3.14. The first-order valence-electron chi connectivity index (χ1n) is 8.18. The Balaban J connectivity index is 1.68. The van der Waals surface area contributed by atoms with Crippen molar-refractivity contribution in [1.29, 1.82) is 0 Å². The average molecular weight is 316 g/mol. The molecule has 0 unspecified atom stereocenters. The second-order valence-corrected chi connectivity index (χ2v) is 5.98. The van der Waals surface area contributed by atoms with Gasteiger partial charge in [-0.1, -0.05) is 6.92 Å². The predicted octanol–water partition coefficient (Wildman–Crippen LogP) is 1.14.